The van der Waals surface area contributed by atoms with E-state index < -0.39 is 15.8 Å². The molecule has 110 valence electrons. The summed E-state index contributed by atoms with van der Waals surface area (Å²) in [7, 11) is -2.00. The summed E-state index contributed by atoms with van der Waals surface area (Å²) in [6.07, 6.45) is 1.47. The number of hydrogen-bond acceptors (Lipinski definition) is 5. The van der Waals surface area contributed by atoms with Crippen LogP contribution in [0.5, 0.6) is 0 Å². The summed E-state index contributed by atoms with van der Waals surface area (Å²) in [4.78, 5) is 13.5. The topological polar surface area (TPSA) is 101 Å². The number of H-pyrrole nitrogens is 1. The molecule has 0 aliphatic rings. The van der Waals surface area contributed by atoms with Crippen LogP contribution in [0.25, 0.3) is 11.1 Å². The Morgan fingerprint density at radius 3 is 2.90 bits per heavy atom. The Kier molecular flexibility index (Phi) is 4.58. The molecule has 0 saturated carbocycles. The molecule has 2 N–H and O–H groups in total. The maximum Gasteiger partial charge on any atom is 0.417 e. The van der Waals surface area contributed by atoms with Gasteiger partial charge in [0.15, 0.2) is 5.58 Å². The van der Waals surface area contributed by atoms with Gasteiger partial charge in [-0.3, -0.25) is 4.98 Å². The van der Waals surface area contributed by atoms with Crippen molar-refractivity contribution in [1.29, 1.82) is 0 Å². The molecule has 0 aliphatic heterocycles. The van der Waals surface area contributed by atoms with Gasteiger partial charge in [-0.25, -0.2) is 17.9 Å². The van der Waals surface area contributed by atoms with Crippen molar-refractivity contribution in [3.8, 4) is 0 Å². The van der Waals surface area contributed by atoms with E-state index in [-0.39, 0.29) is 10.5 Å². The van der Waals surface area contributed by atoms with Crippen molar-refractivity contribution >= 4 is 21.1 Å². The van der Waals surface area contributed by atoms with E-state index in [0.717, 1.165) is 6.42 Å². The first kappa shape index (κ1) is 14.8. The van der Waals surface area contributed by atoms with Crippen LogP contribution in [0.15, 0.2) is 32.3 Å². The van der Waals surface area contributed by atoms with Crippen LogP contribution < -0.4 is 10.5 Å². The average Bonchev–Trinajstić information content (AvgIpc) is 2.77. The summed E-state index contributed by atoms with van der Waals surface area (Å²) in [6.45, 7) is 0.934. The molecule has 2 aromatic rings. The number of nitrogens with one attached hydrogen (secondary N) is 2. The molecule has 0 amide bonds. The molecule has 0 saturated heterocycles. The number of benzene rings is 1. The zero-order chi connectivity index (χ0) is 14.6. The Bertz CT molecular complexity index is 732. The van der Waals surface area contributed by atoms with Crippen LogP contribution in [0.4, 0.5) is 0 Å². The number of fused-ring (bicyclic) bond motifs is 1. The second-order valence-corrected chi connectivity index (χ2v) is 6.04. The zero-order valence-electron chi connectivity index (χ0n) is 11.0. The van der Waals surface area contributed by atoms with Gasteiger partial charge < -0.3 is 9.15 Å². The Morgan fingerprint density at radius 2 is 2.15 bits per heavy atom. The second kappa shape index (κ2) is 6.21. The molecule has 0 radical (unpaired) electrons. The largest absolute Gasteiger partial charge is 0.417 e. The molecule has 0 bridgehead atoms. The third-order valence-electron chi connectivity index (χ3n) is 2.77. The molecular formula is C12H16N2O5S. The van der Waals surface area contributed by atoms with Crippen LogP contribution in [0.3, 0.4) is 0 Å². The summed E-state index contributed by atoms with van der Waals surface area (Å²) in [6, 6.07) is 4.25. The molecule has 0 spiro atoms. The quantitative estimate of drug-likeness (QED) is 0.737. The monoisotopic (exact) mass is 300 g/mol. The van der Waals surface area contributed by atoms with Crippen molar-refractivity contribution in [3.05, 3.63) is 28.7 Å². The number of aromatic amines is 1. The minimum Gasteiger partial charge on any atom is -0.408 e. The molecule has 20 heavy (non-hydrogen) atoms. The van der Waals surface area contributed by atoms with E-state index in [4.69, 9.17) is 9.15 Å². The van der Waals surface area contributed by atoms with E-state index in [1.807, 2.05) is 0 Å². The molecule has 1 aromatic heterocycles. The Morgan fingerprint density at radius 1 is 1.35 bits per heavy atom. The smallest absolute Gasteiger partial charge is 0.408 e. The average molecular weight is 300 g/mol. The van der Waals surface area contributed by atoms with Crippen molar-refractivity contribution in [1.82, 2.24) is 9.71 Å². The van der Waals surface area contributed by atoms with Crippen LogP contribution in [0, 0.1) is 0 Å². The van der Waals surface area contributed by atoms with Gasteiger partial charge in [0.2, 0.25) is 10.0 Å². The normalized spacial score (nSPS) is 12.1. The lowest BCUT2D eigenvalue weighted by atomic mass is 10.3. The number of sulfonamides is 1. The third kappa shape index (κ3) is 3.47. The van der Waals surface area contributed by atoms with E-state index in [1.54, 1.807) is 7.11 Å². The molecule has 7 nitrogen and oxygen atoms in total. The Balaban J connectivity index is 2.08. The summed E-state index contributed by atoms with van der Waals surface area (Å²) in [5.41, 5.74) is 0.686. The van der Waals surface area contributed by atoms with Crippen molar-refractivity contribution in [2.24, 2.45) is 0 Å². The van der Waals surface area contributed by atoms with Crippen LogP contribution in [-0.4, -0.2) is 33.7 Å². The number of unbranched alkanes of at least 4 members (excludes halogenated alkanes) is 1. The number of ether oxygens (including phenoxy) is 1. The van der Waals surface area contributed by atoms with Crippen LogP contribution in [0.1, 0.15) is 12.8 Å². The predicted molar refractivity (Wildman–Crippen MR) is 73.1 cm³/mol. The van der Waals surface area contributed by atoms with Crippen LogP contribution in [-0.2, 0) is 14.8 Å². The highest BCUT2D eigenvalue weighted by Gasteiger charge is 2.15. The van der Waals surface area contributed by atoms with E-state index in [1.165, 1.54) is 18.2 Å². The molecule has 2 rings (SSSR count). The molecular weight excluding hydrogens is 284 g/mol. The second-order valence-electron chi connectivity index (χ2n) is 4.27. The lowest BCUT2D eigenvalue weighted by Crippen LogP contribution is -2.24. The fraction of sp³-hybridized carbons (Fsp3) is 0.417. The molecule has 0 unspecified atom stereocenters. The Hall–Kier alpha value is -1.64. The minimum absolute atomic E-state index is 0.0690. The fourth-order valence-electron chi connectivity index (χ4n) is 1.75. The van der Waals surface area contributed by atoms with Crippen molar-refractivity contribution < 1.29 is 17.6 Å². The first-order valence-electron chi connectivity index (χ1n) is 6.14. The van der Waals surface area contributed by atoms with Crippen molar-refractivity contribution in [2.75, 3.05) is 20.3 Å². The molecule has 0 atom stereocenters. The van der Waals surface area contributed by atoms with Crippen LogP contribution >= 0.6 is 0 Å². The maximum absolute atomic E-state index is 12.0. The standard InChI is InChI=1S/C12H16N2O5S/c1-18-7-3-2-6-13-20(16,17)9-4-5-10-11(8-9)19-12(15)14-10/h4-5,8,13H,2-3,6-7H2,1H3,(H,14,15). The molecule has 0 aliphatic carbocycles. The van der Waals surface area contributed by atoms with Gasteiger partial charge in [-0.15, -0.1) is 0 Å². The summed E-state index contributed by atoms with van der Waals surface area (Å²) in [5.74, 6) is -0.609. The van der Waals surface area contributed by atoms with Gasteiger partial charge in [0.05, 0.1) is 10.4 Å². The third-order valence-corrected chi connectivity index (χ3v) is 4.23. The lowest BCUT2D eigenvalue weighted by molar-refractivity contribution is 0.193. The summed E-state index contributed by atoms with van der Waals surface area (Å²) in [5, 5.41) is 0. The highest BCUT2D eigenvalue weighted by Crippen LogP contribution is 2.16. The van der Waals surface area contributed by atoms with Crippen molar-refractivity contribution in [2.45, 2.75) is 17.7 Å². The van der Waals surface area contributed by atoms with Gasteiger partial charge in [0, 0.05) is 26.3 Å². The van der Waals surface area contributed by atoms with Gasteiger partial charge in [0.25, 0.3) is 0 Å². The van der Waals surface area contributed by atoms with Gasteiger partial charge in [-0.05, 0) is 25.0 Å². The highest BCUT2D eigenvalue weighted by molar-refractivity contribution is 7.89. The van der Waals surface area contributed by atoms with E-state index in [0.29, 0.717) is 25.1 Å². The lowest BCUT2D eigenvalue weighted by Gasteiger charge is -2.06. The molecule has 8 heteroatoms. The van der Waals surface area contributed by atoms with Gasteiger partial charge in [-0.2, -0.15) is 0 Å². The SMILES string of the molecule is COCCCCNS(=O)(=O)c1ccc2[nH]c(=O)oc2c1. The maximum atomic E-state index is 12.0. The van der Waals surface area contributed by atoms with Crippen LogP contribution in [0.2, 0.25) is 0 Å². The van der Waals surface area contributed by atoms with Gasteiger partial charge in [-0.1, -0.05) is 0 Å². The predicted octanol–water partition coefficient (Wildman–Crippen LogP) is 0.826. The summed E-state index contributed by atoms with van der Waals surface area (Å²) < 4.78 is 36.3. The molecule has 1 heterocycles. The van der Waals surface area contributed by atoms with Gasteiger partial charge >= 0.3 is 5.76 Å². The first-order chi connectivity index (χ1) is 9.53. The van der Waals surface area contributed by atoms with E-state index in [9.17, 15) is 13.2 Å². The number of rotatable bonds is 7. The Labute approximate surface area is 116 Å². The molecule has 0 fully saturated rings. The van der Waals surface area contributed by atoms with Gasteiger partial charge in [0.1, 0.15) is 0 Å². The summed E-state index contributed by atoms with van der Waals surface area (Å²) >= 11 is 0. The number of aromatic nitrogens is 1. The van der Waals surface area contributed by atoms with E-state index >= 15 is 0 Å². The fourth-order valence-corrected chi connectivity index (χ4v) is 2.84. The highest BCUT2D eigenvalue weighted by atomic mass is 32.2. The minimum atomic E-state index is -3.60. The number of methoxy groups -OCH3 is 1. The zero-order valence-corrected chi connectivity index (χ0v) is 11.8. The van der Waals surface area contributed by atoms with Crippen molar-refractivity contribution in [3.63, 3.8) is 0 Å². The van der Waals surface area contributed by atoms with E-state index in [2.05, 4.69) is 9.71 Å². The number of oxazole rings is 1. The molecule has 1 aromatic carbocycles. The number of hydrogen-bond donors (Lipinski definition) is 2. The first-order valence-corrected chi connectivity index (χ1v) is 7.63.